The largest absolute Gasteiger partial charge is 0.513 e. The molecule has 18 heavy (non-hydrogen) atoms. The lowest BCUT2D eigenvalue weighted by atomic mass is 9.78. The monoisotopic (exact) mass is 259 g/mol. The Morgan fingerprint density at radius 2 is 1.94 bits per heavy atom. The molecule has 0 atom stereocenters. The van der Waals surface area contributed by atoms with Crippen LogP contribution in [0.5, 0.6) is 5.75 Å². The molecule has 7 heteroatoms. The van der Waals surface area contributed by atoms with Crippen LogP contribution in [-0.2, 0) is 9.53 Å². The second-order valence-corrected chi connectivity index (χ2v) is 3.43. The average molecular weight is 259 g/mol. The number of rotatable bonds is 4. The Kier molecular flexibility index (Phi) is 4.41. The first-order valence-corrected chi connectivity index (χ1v) is 5.02. The minimum Gasteiger partial charge on any atom is -0.500 e. The molecule has 0 aliphatic heterocycles. The van der Waals surface area contributed by atoms with Crippen LogP contribution < -0.4 is 10.2 Å². The van der Waals surface area contributed by atoms with E-state index in [0.717, 1.165) is 12.1 Å². The zero-order valence-corrected chi connectivity index (χ0v) is 9.82. The van der Waals surface area contributed by atoms with Crippen LogP contribution in [0.3, 0.4) is 0 Å². The van der Waals surface area contributed by atoms with Gasteiger partial charge in [-0.15, -0.1) is 0 Å². The molecule has 0 heterocycles. The lowest BCUT2D eigenvalue weighted by molar-refractivity contribution is -0.134. The lowest BCUT2D eigenvalue weighted by Crippen LogP contribution is -2.35. The zero-order chi connectivity index (χ0) is 13.8. The number of esters is 1. The van der Waals surface area contributed by atoms with Gasteiger partial charge in [-0.25, -0.2) is 4.79 Å². The summed E-state index contributed by atoms with van der Waals surface area (Å²) >= 11 is 0. The predicted octanol–water partition coefficient (Wildman–Crippen LogP) is 1.94. The average Bonchev–Trinajstić information content (AvgIpc) is 2.34. The molecular formula is C11H11BF3O3-. The fourth-order valence-electron chi connectivity index (χ4n) is 1.34. The van der Waals surface area contributed by atoms with E-state index in [1.54, 1.807) is 0 Å². The molecule has 0 fully saturated rings. The fourth-order valence-corrected chi connectivity index (χ4v) is 1.34. The maximum atomic E-state index is 12.7. The van der Waals surface area contributed by atoms with Crippen molar-refractivity contribution in [3.8, 4) is 5.75 Å². The van der Waals surface area contributed by atoms with Crippen molar-refractivity contribution < 1.29 is 27.2 Å². The number of carbonyl (C=O) groups is 1. The van der Waals surface area contributed by atoms with E-state index >= 15 is 0 Å². The molecule has 3 nitrogen and oxygen atoms in total. The number of benzene rings is 1. The first-order chi connectivity index (χ1) is 8.38. The van der Waals surface area contributed by atoms with Crippen LogP contribution in [0.25, 0.3) is 6.08 Å². The Bertz CT molecular complexity index is 469. The molecule has 1 rings (SSSR count). The van der Waals surface area contributed by atoms with Crippen molar-refractivity contribution in [3.05, 3.63) is 29.8 Å². The highest BCUT2D eigenvalue weighted by molar-refractivity contribution is 6.74. The molecule has 0 bridgehead atoms. The maximum Gasteiger partial charge on any atom is 0.513 e. The minimum atomic E-state index is -5.17. The minimum absolute atomic E-state index is 0.238. The highest BCUT2D eigenvalue weighted by Gasteiger charge is 2.29. The molecule has 0 saturated carbocycles. The van der Waals surface area contributed by atoms with Crippen LogP contribution in [0.2, 0.25) is 0 Å². The molecule has 0 spiro atoms. The van der Waals surface area contributed by atoms with Gasteiger partial charge in [-0.1, -0.05) is 17.6 Å². The van der Waals surface area contributed by atoms with Crippen molar-refractivity contribution in [2.24, 2.45) is 0 Å². The highest BCUT2D eigenvalue weighted by Crippen LogP contribution is 2.19. The number of ether oxygens (including phenoxy) is 2. The second-order valence-electron chi connectivity index (χ2n) is 3.43. The molecule has 0 aliphatic rings. The molecule has 0 N–H and O–H groups in total. The SMILES string of the molecule is COC(=O)/C=C/c1ccc(OC)c([B-](F)(F)F)c1. The molecule has 1 aromatic rings. The smallest absolute Gasteiger partial charge is 0.500 e. The van der Waals surface area contributed by atoms with Crippen molar-refractivity contribution in [2.45, 2.75) is 0 Å². The zero-order valence-electron chi connectivity index (χ0n) is 9.82. The molecular weight excluding hydrogens is 248 g/mol. The van der Waals surface area contributed by atoms with E-state index in [0.29, 0.717) is 0 Å². The number of carbonyl (C=O) groups excluding carboxylic acids is 1. The third-order valence-corrected chi connectivity index (χ3v) is 2.22. The van der Waals surface area contributed by atoms with Crippen molar-refractivity contribution >= 4 is 24.5 Å². The van der Waals surface area contributed by atoms with E-state index in [1.165, 1.54) is 32.4 Å². The third-order valence-electron chi connectivity index (χ3n) is 2.22. The van der Waals surface area contributed by atoms with E-state index in [-0.39, 0.29) is 11.3 Å². The Morgan fingerprint density at radius 1 is 1.28 bits per heavy atom. The summed E-state index contributed by atoms with van der Waals surface area (Å²) in [5.74, 6) is -0.873. The maximum absolute atomic E-state index is 12.7. The van der Waals surface area contributed by atoms with Crippen LogP contribution in [-0.4, -0.2) is 27.2 Å². The van der Waals surface area contributed by atoms with E-state index in [2.05, 4.69) is 9.47 Å². The molecule has 98 valence electrons. The van der Waals surface area contributed by atoms with Gasteiger partial charge in [-0.2, -0.15) is 0 Å². The first kappa shape index (κ1) is 14.1. The summed E-state index contributed by atoms with van der Waals surface area (Å²) in [6.45, 7) is -5.17. The Hall–Kier alpha value is -1.92. The van der Waals surface area contributed by atoms with Gasteiger partial charge in [0, 0.05) is 6.08 Å². The second kappa shape index (κ2) is 5.62. The Labute approximate surface area is 102 Å². The van der Waals surface area contributed by atoms with Gasteiger partial charge in [0.05, 0.1) is 20.0 Å². The van der Waals surface area contributed by atoms with Gasteiger partial charge in [0.2, 0.25) is 0 Å². The molecule has 0 unspecified atom stereocenters. The van der Waals surface area contributed by atoms with E-state index < -0.39 is 18.4 Å². The number of hydrogen-bond acceptors (Lipinski definition) is 3. The molecule has 0 saturated heterocycles. The number of methoxy groups -OCH3 is 2. The van der Waals surface area contributed by atoms with Crippen LogP contribution in [0.1, 0.15) is 5.56 Å². The standard InChI is InChI=1S/C11H11BF3O3/c1-17-10-5-3-8(4-6-11(16)18-2)7-9(10)12(13,14)15/h3-7H,1-2H3/q-1/b6-4+. The van der Waals surface area contributed by atoms with E-state index in [9.17, 15) is 17.7 Å². The van der Waals surface area contributed by atoms with Gasteiger partial charge in [0.1, 0.15) is 0 Å². The van der Waals surface area contributed by atoms with Crippen LogP contribution in [0.4, 0.5) is 12.9 Å². The lowest BCUT2D eigenvalue weighted by Gasteiger charge is -2.19. The van der Waals surface area contributed by atoms with Gasteiger partial charge >= 0.3 is 12.9 Å². The number of hydrogen-bond donors (Lipinski definition) is 0. The summed E-state index contributed by atoms with van der Waals surface area (Å²) in [6.07, 6.45) is 2.30. The summed E-state index contributed by atoms with van der Waals surface area (Å²) in [4.78, 5) is 10.8. The van der Waals surface area contributed by atoms with Crippen molar-refractivity contribution in [2.75, 3.05) is 14.2 Å². The molecule has 1 aromatic carbocycles. The number of halogens is 3. The van der Waals surface area contributed by atoms with Crippen molar-refractivity contribution in [1.29, 1.82) is 0 Å². The summed E-state index contributed by atoms with van der Waals surface area (Å²) in [7, 11) is 2.36. The van der Waals surface area contributed by atoms with Crippen molar-refractivity contribution in [3.63, 3.8) is 0 Å². The van der Waals surface area contributed by atoms with Gasteiger partial charge in [-0.3, -0.25) is 0 Å². The normalized spacial score (nSPS) is 11.6. The van der Waals surface area contributed by atoms with Crippen molar-refractivity contribution in [1.82, 2.24) is 0 Å². The Morgan fingerprint density at radius 3 is 2.44 bits per heavy atom. The summed E-state index contributed by atoms with van der Waals surface area (Å²) in [5.41, 5.74) is -0.583. The summed E-state index contributed by atoms with van der Waals surface area (Å²) in [5, 5.41) is 0. The molecule has 0 aromatic heterocycles. The van der Waals surface area contributed by atoms with Gasteiger partial charge in [0.25, 0.3) is 0 Å². The van der Waals surface area contributed by atoms with Gasteiger partial charge in [0.15, 0.2) is 0 Å². The topological polar surface area (TPSA) is 35.5 Å². The van der Waals surface area contributed by atoms with Crippen LogP contribution >= 0.6 is 0 Å². The van der Waals surface area contributed by atoms with Crippen LogP contribution in [0, 0.1) is 0 Å². The highest BCUT2D eigenvalue weighted by atomic mass is 19.4. The first-order valence-electron chi connectivity index (χ1n) is 5.02. The Balaban J connectivity index is 3.11. The van der Waals surface area contributed by atoms with Gasteiger partial charge < -0.3 is 22.4 Å². The van der Waals surface area contributed by atoms with Crippen LogP contribution in [0.15, 0.2) is 24.3 Å². The molecule has 0 amide bonds. The molecule has 0 aliphatic carbocycles. The summed E-state index contributed by atoms with van der Waals surface area (Å²) < 4.78 is 47.2. The molecule has 0 radical (unpaired) electrons. The van der Waals surface area contributed by atoms with E-state index in [1.807, 2.05) is 0 Å². The summed E-state index contributed by atoms with van der Waals surface area (Å²) in [6, 6.07) is 3.56. The van der Waals surface area contributed by atoms with Gasteiger partial charge in [-0.05, 0) is 17.7 Å². The predicted molar refractivity (Wildman–Crippen MR) is 62.8 cm³/mol. The third kappa shape index (κ3) is 3.54. The van der Waals surface area contributed by atoms with E-state index in [4.69, 9.17) is 0 Å². The quantitative estimate of drug-likeness (QED) is 0.471. The fraction of sp³-hybridized carbons (Fsp3) is 0.182.